The van der Waals surface area contributed by atoms with Gasteiger partial charge in [-0.05, 0) is 32.0 Å². The summed E-state index contributed by atoms with van der Waals surface area (Å²) in [4.78, 5) is 40.9. The average Bonchev–Trinajstić information content (AvgIpc) is 3.07. The Morgan fingerprint density at radius 3 is 2.53 bits per heavy atom. The fourth-order valence-electron chi connectivity index (χ4n) is 2.73. The van der Waals surface area contributed by atoms with Gasteiger partial charge >= 0.3 is 11.9 Å². The molecule has 3 aromatic rings. The van der Waals surface area contributed by atoms with Crippen LogP contribution in [0.15, 0.2) is 22.7 Å². The zero-order valence-corrected chi connectivity index (χ0v) is 17.6. The molecule has 0 bridgehead atoms. The normalized spacial score (nSPS) is 10.7. The van der Waals surface area contributed by atoms with Crippen molar-refractivity contribution in [3.63, 3.8) is 0 Å². The number of nitrogens with one attached hydrogen (secondary N) is 1. The number of ether oxygens (including phenoxy) is 2. The van der Waals surface area contributed by atoms with Gasteiger partial charge in [-0.15, -0.1) is 0 Å². The Kier molecular flexibility index (Phi) is 6.23. The quantitative estimate of drug-likeness (QED) is 0.582. The number of aryl methyl sites for hydroxylation is 2. The third kappa shape index (κ3) is 4.37. The molecule has 9 nitrogen and oxygen atoms in total. The molecule has 0 aliphatic carbocycles. The first-order valence-corrected chi connectivity index (χ1v) is 9.24. The number of fused-ring (bicyclic) bond motifs is 1. The lowest BCUT2D eigenvalue weighted by atomic mass is 10.1. The van der Waals surface area contributed by atoms with Gasteiger partial charge in [-0.1, -0.05) is 28.4 Å². The SMILES string of the molecule is COC(=O)c1cc(Cl)cc(Cl)c1NC(=O)COC(=O)c1cc(C)nc2onc(C)c12. The van der Waals surface area contributed by atoms with Gasteiger partial charge in [0.05, 0.1) is 40.0 Å². The molecular formula is C19H15Cl2N3O6. The highest BCUT2D eigenvalue weighted by Crippen LogP contribution is 2.31. The van der Waals surface area contributed by atoms with Crippen molar-refractivity contribution in [2.45, 2.75) is 13.8 Å². The van der Waals surface area contributed by atoms with E-state index in [4.69, 9.17) is 32.5 Å². The van der Waals surface area contributed by atoms with Crippen LogP contribution >= 0.6 is 23.2 Å². The summed E-state index contributed by atoms with van der Waals surface area (Å²) in [6.07, 6.45) is 0. The van der Waals surface area contributed by atoms with Gasteiger partial charge in [0.25, 0.3) is 11.6 Å². The van der Waals surface area contributed by atoms with Gasteiger partial charge < -0.3 is 19.3 Å². The number of benzene rings is 1. The standard InChI is InChI=1S/C19H15Cl2N3O6/c1-8-4-11(15-9(2)24-30-17(15)22-8)19(27)29-7-14(25)23-16-12(18(26)28-3)5-10(20)6-13(16)21/h4-6H,7H2,1-3H3,(H,23,25). The second kappa shape index (κ2) is 8.68. The van der Waals surface area contributed by atoms with Crippen molar-refractivity contribution < 1.29 is 28.4 Å². The molecule has 30 heavy (non-hydrogen) atoms. The number of nitrogens with zero attached hydrogens (tertiary/aromatic N) is 2. The topological polar surface area (TPSA) is 121 Å². The maximum Gasteiger partial charge on any atom is 0.340 e. The zero-order valence-electron chi connectivity index (χ0n) is 16.0. The minimum absolute atomic E-state index is 0.00834. The van der Waals surface area contributed by atoms with E-state index in [1.165, 1.54) is 25.3 Å². The molecule has 156 valence electrons. The lowest BCUT2D eigenvalue weighted by molar-refractivity contribution is -0.119. The summed E-state index contributed by atoms with van der Waals surface area (Å²) in [5.41, 5.74) is 1.30. The number of carbonyl (C=O) groups is 3. The number of aromatic nitrogens is 2. The van der Waals surface area contributed by atoms with E-state index in [9.17, 15) is 14.4 Å². The Morgan fingerprint density at radius 2 is 1.83 bits per heavy atom. The number of halogens is 2. The molecule has 0 spiro atoms. The maximum absolute atomic E-state index is 12.5. The summed E-state index contributed by atoms with van der Waals surface area (Å²) in [5.74, 6) is -2.23. The van der Waals surface area contributed by atoms with Crippen molar-refractivity contribution in [2.75, 3.05) is 19.0 Å². The number of anilines is 1. The highest BCUT2D eigenvalue weighted by molar-refractivity contribution is 6.37. The summed E-state index contributed by atoms with van der Waals surface area (Å²) in [6, 6.07) is 4.16. The molecule has 0 saturated heterocycles. The van der Waals surface area contributed by atoms with Gasteiger partial charge in [0.1, 0.15) is 0 Å². The summed E-state index contributed by atoms with van der Waals surface area (Å²) in [7, 11) is 1.18. The number of esters is 2. The fourth-order valence-corrected chi connectivity index (χ4v) is 3.28. The first kappa shape index (κ1) is 21.5. The third-order valence-corrected chi connectivity index (χ3v) is 4.54. The Morgan fingerprint density at radius 1 is 1.10 bits per heavy atom. The molecule has 0 fully saturated rings. The van der Waals surface area contributed by atoms with Crippen LogP contribution < -0.4 is 5.32 Å². The van der Waals surface area contributed by atoms with Crippen LogP contribution in [-0.2, 0) is 14.3 Å². The molecule has 0 aliphatic heterocycles. The lowest BCUT2D eigenvalue weighted by Gasteiger charge is -2.12. The van der Waals surface area contributed by atoms with E-state index in [1.54, 1.807) is 13.8 Å². The number of amides is 1. The van der Waals surface area contributed by atoms with E-state index in [1.807, 2.05) is 0 Å². The van der Waals surface area contributed by atoms with Crippen LogP contribution in [0.4, 0.5) is 5.69 Å². The molecule has 3 rings (SSSR count). The molecule has 1 aromatic carbocycles. The third-order valence-electron chi connectivity index (χ3n) is 4.02. The second-order valence-electron chi connectivity index (χ2n) is 6.19. The van der Waals surface area contributed by atoms with Crippen molar-refractivity contribution in [1.29, 1.82) is 0 Å². The molecule has 1 N–H and O–H groups in total. The second-order valence-corrected chi connectivity index (χ2v) is 7.03. The van der Waals surface area contributed by atoms with Crippen LogP contribution in [-0.4, -0.2) is 41.7 Å². The molecule has 0 aliphatic rings. The van der Waals surface area contributed by atoms with Crippen LogP contribution in [0.1, 0.15) is 32.1 Å². The number of carbonyl (C=O) groups excluding carboxylic acids is 3. The van der Waals surface area contributed by atoms with E-state index >= 15 is 0 Å². The van der Waals surface area contributed by atoms with Gasteiger partial charge in [0.15, 0.2) is 6.61 Å². The van der Waals surface area contributed by atoms with Crippen molar-refractivity contribution in [2.24, 2.45) is 0 Å². The van der Waals surface area contributed by atoms with Crippen molar-refractivity contribution in [1.82, 2.24) is 10.1 Å². The molecule has 2 aromatic heterocycles. The Labute approximate surface area is 180 Å². The minimum Gasteiger partial charge on any atom is -0.465 e. The highest BCUT2D eigenvalue weighted by Gasteiger charge is 2.22. The Balaban J connectivity index is 1.77. The average molecular weight is 452 g/mol. The van der Waals surface area contributed by atoms with Crippen molar-refractivity contribution in [3.8, 4) is 0 Å². The Hall–Kier alpha value is -3.17. The number of hydrogen-bond donors (Lipinski definition) is 1. The van der Waals surface area contributed by atoms with E-state index in [0.29, 0.717) is 16.8 Å². The lowest BCUT2D eigenvalue weighted by Crippen LogP contribution is -2.22. The summed E-state index contributed by atoms with van der Waals surface area (Å²) >= 11 is 12.0. The van der Waals surface area contributed by atoms with Crippen molar-refractivity contribution in [3.05, 3.63) is 50.8 Å². The molecule has 0 atom stereocenters. The number of hydrogen-bond acceptors (Lipinski definition) is 8. The summed E-state index contributed by atoms with van der Waals surface area (Å²) < 4.78 is 14.8. The first-order valence-electron chi connectivity index (χ1n) is 8.49. The molecule has 1 amide bonds. The minimum atomic E-state index is -0.762. The molecule has 0 unspecified atom stereocenters. The number of pyridine rings is 1. The van der Waals surface area contributed by atoms with E-state index in [-0.39, 0.29) is 32.6 Å². The van der Waals surface area contributed by atoms with Crippen LogP contribution in [0.3, 0.4) is 0 Å². The largest absolute Gasteiger partial charge is 0.465 e. The smallest absolute Gasteiger partial charge is 0.340 e. The predicted octanol–water partition coefficient (Wildman–Crippen LogP) is 3.73. The van der Waals surface area contributed by atoms with Gasteiger partial charge in [-0.25, -0.2) is 14.6 Å². The van der Waals surface area contributed by atoms with E-state index in [2.05, 4.69) is 20.2 Å². The van der Waals surface area contributed by atoms with Gasteiger partial charge in [0.2, 0.25) is 0 Å². The van der Waals surface area contributed by atoms with Crippen molar-refractivity contribution >= 4 is 57.8 Å². The zero-order chi connectivity index (χ0) is 22.0. The molecule has 0 saturated carbocycles. The monoisotopic (exact) mass is 451 g/mol. The number of rotatable bonds is 5. The van der Waals surface area contributed by atoms with Crippen LogP contribution in [0, 0.1) is 13.8 Å². The fraction of sp³-hybridized carbons (Fsp3) is 0.211. The van der Waals surface area contributed by atoms with E-state index in [0.717, 1.165) is 0 Å². The molecule has 0 radical (unpaired) electrons. The summed E-state index contributed by atoms with van der Waals surface area (Å²) in [5, 5.41) is 6.83. The predicted molar refractivity (Wildman–Crippen MR) is 108 cm³/mol. The molecule has 2 heterocycles. The van der Waals surface area contributed by atoms with Crippen LogP contribution in [0.5, 0.6) is 0 Å². The Bertz CT molecular complexity index is 1170. The van der Waals surface area contributed by atoms with Gasteiger partial charge in [-0.3, -0.25) is 4.79 Å². The van der Waals surface area contributed by atoms with Crippen LogP contribution in [0.2, 0.25) is 10.0 Å². The molecule has 11 heteroatoms. The first-order chi connectivity index (χ1) is 14.2. The maximum atomic E-state index is 12.5. The van der Waals surface area contributed by atoms with Gasteiger partial charge in [0, 0.05) is 10.7 Å². The van der Waals surface area contributed by atoms with Crippen LogP contribution in [0.25, 0.3) is 11.1 Å². The van der Waals surface area contributed by atoms with E-state index < -0.39 is 24.5 Å². The summed E-state index contributed by atoms with van der Waals surface area (Å²) in [6.45, 7) is 2.70. The number of methoxy groups -OCH3 is 1. The highest BCUT2D eigenvalue weighted by atomic mass is 35.5. The molecular weight excluding hydrogens is 437 g/mol. The van der Waals surface area contributed by atoms with Gasteiger partial charge in [-0.2, -0.15) is 0 Å².